The van der Waals surface area contributed by atoms with Crippen molar-refractivity contribution in [1.29, 1.82) is 0 Å². The molecule has 2 saturated heterocycles. The second-order valence-electron chi connectivity index (χ2n) is 8.90. The zero-order chi connectivity index (χ0) is 22.7. The van der Waals surface area contributed by atoms with Crippen LogP contribution in [-0.4, -0.2) is 59.6 Å². The number of methoxy groups -OCH3 is 1. The van der Waals surface area contributed by atoms with Crippen LogP contribution in [0.15, 0.2) is 54.6 Å². The van der Waals surface area contributed by atoms with Gasteiger partial charge in [0.2, 0.25) is 5.91 Å². The number of amides is 2. The fourth-order valence-corrected chi connectivity index (χ4v) is 5.03. The van der Waals surface area contributed by atoms with Gasteiger partial charge in [0, 0.05) is 37.5 Å². The average molecular weight is 436 g/mol. The van der Waals surface area contributed by atoms with Crippen LogP contribution in [0.3, 0.4) is 0 Å². The Labute approximate surface area is 190 Å². The van der Waals surface area contributed by atoms with E-state index in [1.165, 1.54) is 0 Å². The van der Waals surface area contributed by atoms with Gasteiger partial charge in [0.1, 0.15) is 5.75 Å². The van der Waals surface area contributed by atoms with Crippen molar-refractivity contribution in [2.24, 2.45) is 0 Å². The van der Waals surface area contributed by atoms with E-state index in [9.17, 15) is 9.59 Å². The highest BCUT2D eigenvalue weighted by atomic mass is 16.5. The normalized spacial score (nSPS) is 21.1. The highest BCUT2D eigenvalue weighted by Gasteiger charge is 2.52. The first-order valence-electron chi connectivity index (χ1n) is 11.6. The van der Waals surface area contributed by atoms with Crippen molar-refractivity contribution in [3.8, 4) is 5.75 Å². The SMILES string of the molecule is CCC(C)N1C(=O)C(Cc2ccccc2)NC12CCN(C(=O)c1ccc(OC)cc1)CC2. The fraction of sp³-hybridized carbons (Fsp3) is 0.462. The van der Waals surface area contributed by atoms with E-state index in [1.807, 2.05) is 47.4 Å². The molecule has 4 rings (SSSR count). The van der Waals surface area contributed by atoms with E-state index in [0.29, 0.717) is 25.1 Å². The molecule has 6 heteroatoms. The fourth-order valence-electron chi connectivity index (χ4n) is 5.03. The highest BCUT2D eigenvalue weighted by molar-refractivity contribution is 5.94. The van der Waals surface area contributed by atoms with E-state index in [2.05, 4.69) is 36.2 Å². The summed E-state index contributed by atoms with van der Waals surface area (Å²) in [7, 11) is 1.62. The van der Waals surface area contributed by atoms with Gasteiger partial charge in [0.25, 0.3) is 5.91 Å². The number of carbonyl (C=O) groups is 2. The van der Waals surface area contributed by atoms with Crippen molar-refractivity contribution in [3.05, 3.63) is 65.7 Å². The first kappa shape index (κ1) is 22.3. The highest BCUT2D eigenvalue weighted by Crippen LogP contribution is 2.36. The van der Waals surface area contributed by atoms with Crippen LogP contribution in [0.2, 0.25) is 0 Å². The summed E-state index contributed by atoms with van der Waals surface area (Å²) in [5, 5.41) is 3.71. The maximum absolute atomic E-state index is 13.5. The smallest absolute Gasteiger partial charge is 0.253 e. The number of likely N-dealkylation sites (tertiary alicyclic amines) is 1. The predicted molar refractivity (Wildman–Crippen MR) is 125 cm³/mol. The first-order valence-corrected chi connectivity index (χ1v) is 11.6. The standard InChI is InChI=1S/C26H33N3O3/c1-4-19(2)29-25(31)23(18-20-8-6-5-7-9-20)27-26(29)14-16-28(17-15-26)24(30)21-10-12-22(32-3)13-11-21/h5-13,19,23,27H,4,14-18H2,1-3H3. The van der Waals surface area contributed by atoms with Gasteiger partial charge in [0.05, 0.1) is 18.8 Å². The number of nitrogens with zero attached hydrogens (tertiary/aromatic N) is 2. The van der Waals surface area contributed by atoms with Crippen LogP contribution in [0.1, 0.15) is 49.0 Å². The van der Waals surface area contributed by atoms with E-state index < -0.39 is 0 Å². The lowest BCUT2D eigenvalue weighted by molar-refractivity contribution is -0.136. The van der Waals surface area contributed by atoms with E-state index in [1.54, 1.807) is 7.11 Å². The molecule has 2 atom stereocenters. The van der Waals surface area contributed by atoms with E-state index >= 15 is 0 Å². The maximum atomic E-state index is 13.5. The van der Waals surface area contributed by atoms with Gasteiger partial charge in [-0.1, -0.05) is 37.3 Å². The summed E-state index contributed by atoms with van der Waals surface area (Å²) >= 11 is 0. The van der Waals surface area contributed by atoms with E-state index in [0.717, 1.165) is 30.6 Å². The Bertz CT molecular complexity index is 937. The van der Waals surface area contributed by atoms with Crippen LogP contribution >= 0.6 is 0 Å². The third-order valence-corrected chi connectivity index (χ3v) is 6.97. The van der Waals surface area contributed by atoms with Gasteiger partial charge >= 0.3 is 0 Å². The molecule has 2 aromatic rings. The van der Waals surface area contributed by atoms with Crippen LogP contribution in [0.5, 0.6) is 5.75 Å². The Kier molecular flexibility index (Phi) is 6.51. The summed E-state index contributed by atoms with van der Waals surface area (Å²) < 4.78 is 5.19. The molecule has 0 radical (unpaired) electrons. The van der Waals surface area contributed by atoms with E-state index in [4.69, 9.17) is 4.74 Å². The van der Waals surface area contributed by atoms with Gasteiger partial charge in [0.15, 0.2) is 0 Å². The number of nitrogens with one attached hydrogen (secondary N) is 1. The molecule has 0 aromatic heterocycles. The number of ether oxygens (including phenoxy) is 1. The number of rotatable bonds is 6. The summed E-state index contributed by atoms with van der Waals surface area (Å²) in [6.07, 6.45) is 3.05. The summed E-state index contributed by atoms with van der Waals surface area (Å²) in [6, 6.07) is 17.3. The van der Waals surface area contributed by atoms with Crippen molar-refractivity contribution in [3.63, 3.8) is 0 Å². The quantitative estimate of drug-likeness (QED) is 0.755. The summed E-state index contributed by atoms with van der Waals surface area (Å²) in [4.78, 5) is 30.5. The Morgan fingerprint density at radius 2 is 1.78 bits per heavy atom. The molecule has 0 bridgehead atoms. The molecule has 2 aliphatic rings. The zero-order valence-corrected chi connectivity index (χ0v) is 19.2. The van der Waals surface area contributed by atoms with Gasteiger partial charge < -0.3 is 14.5 Å². The number of carbonyl (C=O) groups excluding carboxylic acids is 2. The van der Waals surface area contributed by atoms with Crippen LogP contribution in [-0.2, 0) is 11.2 Å². The molecule has 1 spiro atoms. The molecule has 2 aliphatic heterocycles. The molecule has 6 nitrogen and oxygen atoms in total. The zero-order valence-electron chi connectivity index (χ0n) is 19.2. The molecule has 2 aromatic carbocycles. The molecular formula is C26H33N3O3. The lowest BCUT2D eigenvalue weighted by Gasteiger charge is -2.46. The van der Waals surface area contributed by atoms with Crippen LogP contribution < -0.4 is 10.1 Å². The molecule has 2 heterocycles. The Morgan fingerprint density at radius 1 is 1.12 bits per heavy atom. The minimum atomic E-state index is -0.386. The molecule has 0 saturated carbocycles. The summed E-state index contributed by atoms with van der Waals surface area (Å²) in [5.74, 6) is 0.947. The number of benzene rings is 2. The van der Waals surface area contributed by atoms with Crippen molar-refractivity contribution >= 4 is 11.8 Å². The lowest BCUT2D eigenvalue weighted by Crippen LogP contribution is -2.61. The molecule has 1 N–H and O–H groups in total. The minimum absolute atomic E-state index is 0.0303. The number of piperidine rings is 1. The second-order valence-corrected chi connectivity index (χ2v) is 8.90. The third kappa shape index (κ3) is 4.24. The van der Waals surface area contributed by atoms with Gasteiger partial charge in [-0.3, -0.25) is 14.9 Å². The average Bonchev–Trinajstić information content (AvgIpc) is 3.09. The Morgan fingerprint density at radius 3 is 2.38 bits per heavy atom. The molecule has 0 aliphatic carbocycles. The van der Waals surface area contributed by atoms with Crippen molar-refractivity contribution in [2.45, 2.75) is 57.3 Å². The van der Waals surface area contributed by atoms with Crippen molar-refractivity contribution in [1.82, 2.24) is 15.1 Å². The Balaban J connectivity index is 1.49. The molecule has 2 amide bonds. The largest absolute Gasteiger partial charge is 0.497 e. The van der Waals surface area contributed by atoms with Gasteiger partial charge in [-0.25, -0.2) is 0 Å². The first-order chi connectivity index (χ1) is 15.5. The lowest BCUT2D eigenvalue weighted by atomic mass is 9.93. The summed E-state index contributed by atoms with van der Waals surface area (Å²) in [6.45, 7) is 5.49. The van der Waals surface area contributed by atoms with Gasteiger partial charge in [-0.15, -0.1) is 0 Å². The summed E-state index contributed by atoms with van der Waals surface area (Å²) in [5.41, 5.74) is 1.44. The third-order valence-electron chi connectivity index (χ3n) is 6.97. The molecule has 170 valence electrons. The number of hydrogen-bond acceptors (Lipinski definition) is 4. The van der Waals surface area contributed by atoms with Crippen molar-refractivity contribution < 1.29 is 14.3 Å². The number of hydrogen-bond donors (Lipinski definition) is 1. The maximum Gasteiger partial charge on any atom is 0.253 e. The molecule has 2 unspecified atom stereocenters. The predicted octanol–water partition coefficient (Wildman–Crippen LogP) is 3.47. The van der Waals surface area contributed by atoms with Crippen LogP contribution in [0, 0.1) is 0 Å². The van der Waals surface area contributed by atoms with Crippen molar-refractivity contribution in [2.75, 3.05) is 20.2 Å². The monoisotopic (exact) mass is 435 g/mol. The Hall–Kier alpha value is -2.86. The molecular weight excluding hydrogens is 402 g/mol. The van der Waals surface area contributed by atoms with Crippen LogP contribution in [0.4, 0.5) is 0 Å². The molecule has 32 heavy (non-hydrogen) atoms. The minimum Gasteiger partial charge on any atom is -0.497 e. The topological polar surface area (TPSA) is 61.9 Å². The van der Waals surface area contributed by atoms with Gasteiger partial charge in [-0.2, -0.15) is 0 Å². The second kappa shape index (κ2) is 9.33. The molecule has 2 fully saturated rings. The van der Waals surface area contributed by atoms with Crippen LogP contribution in [0.25, 0.3) is 0 Å². The van der Waals surface area contributed by atoms with E-state index in [-0.39, 0.29) is 29.6 Å². The van der Waals surface area contributed by atoms with Gasteiger partial charge in [-0.05, 0) is 49.6 Å².